The van der Waals surface area contributed by atoms with Crippen molar-refractivity contribution >= 4 is 5.96 Å². The molecule has 6 nitrogen and oxygen atoms in total. The van der Waals surface area contributed by atoms with Gasteiger partial charge >= 0.3 is 0 Å². The highest BCUT2D eigenvalue weighted by Crippen LogP contribution is 2.16. The maximum absolute atomic E-state index is 4.78. The standard InChI is InChI=1S/C17H32N6/c1-4-18-17(20-13-16-9-7-11-23(16)5-2)19-10-6-8-15-12-21-22-14(15)3/h12,16H,4-11,13H2,1-3H3,(H,21,22)(H2,18,19,20). The Morgan fingerprint density at radius 3 is 3.00 bits per heavy atom. The first-order valence-electron chi connectivity index (χ1n) is 8.99. The van der Waals surface area contributed by atoms with Crippen LogP contribution in [0.1, 0.15) is 44.4 Å². The Balaban J connectivity index is 1.74. The van der Waals surface area contributed by atoms with Crippen LogP contribution in [-0.2, 0) is 6.42 Å². The number of nitrogens with zero attached hydrogens (tertiary/aromatic N) is 3. The second-order valence-corrected chi connectivity index (χ2v) is 6.19. The summed E-state index contributed by atoms with van der Waals surface area (Å²) in [5.74, 6) is 0.944. The van der Waals surface area contributed by atoms with E-state index in [2.05, 4.69) is 46.5 Å². The van der Waals surface area contributed by atoms with Crippen LogP contribution in [0.4, 0.5) is 0 Å². The van der Waals surface area contributed by atoms with Crippen molar-refractivity contribution in [2.75, 3.05) is 32.7 Å². The first-order chi connectivity index (χ1) is 11.2. The van der Waals surface area contributed by atoms with Crippen LogP contribution in [-0.4, -0.2) is 59.8 Å². The van der Waals surface area contributed by atoms with Crippen molar-refractivity contribution in [1.82, 2.24) is 25.7 Å². The van der Waals surface area contributed by atoms with Gasteiger partial charge in [0.15, 0.2) is 5.96 Å². The number of aliphatic imine (C=N–C) groups is 1. The number of aromatic amines is 1. The number of guanidine groups is 1. The van der Waals surface area contributed by atoms with Crippen molar-refractivity contribution in [3.63, 3.8) is 0 Å². The van der Waals surface area contributed by atoms with E-state index >= 15 is 0 Å². The molecule has 1 aromatic heterocycles. The van der Waals surface area contributed by atoms with E-state index in [4.69, 9.17) is 4.99 Å². The number of nitrogens with one attached hydrogen (secondary N) is 3. The maximum Gasteiger partial charge on any atom is 0.191 e. The van der Waals surface area contributed by atoms with E-state index in [0.29, 0.717) is 6.04 Å². The SMILES string of the molecule is CCNC(=NCC1CCCN1CC)NCCCc1cn[nH]c1C. The average Bonchev–Trinajstić information content (AvgIpc) is 3.17. The molecule has 3 N–H and O–H groups in total. The van der Waals surface area contributed by atoms with Crippen molar-refractivity contribution in [3.8, 4) is 0 Å². The molecular formula is C17H32N6. The molecule has 1 aliphatic heterocycles. The quantitative estimate of drug-likeness (QED) is 0.387. The largest absolute Gasteiger partial charge is 0.357 e. The molecule has 0 aromatic carbocycles. The molecule has 0 radical (unpaired) electrons. The summed E-state index contributed by atoms with van der Waals surface area (Å²) in [4.78, 5) is 7.32. The fourth-order valence-corrected chi connectivity index (χ4v) is 3.17. The van der Waals surface area contributed by atoms with Crippen molar-refractivity contribution in [1.29, 1.82) is 0 Å². The van der Waals surface area contributed by atoms with Gasteiger partial charge in [-0.05, 0) is 58.2 Å². The van der Waals surface area contributed by atoms with Gasteiger partial charge in [-0.15, -0.1) is 0 Å². The molecule has 1 fully saturated rings. The predicted octanol–water partition coefficient (Wildman–Crippen LogP) is 1.69. The van der Waals surface area contributed by atoms with Gasteiger partial charge < -0.3 is 10.6 Å². The summed E-state index contributed by atoms with van der Waals surface area (Å²) in [6.45, 7) is 11.5. The number of H-pyrrole nitrogens is 1. The molecule has 2 heterocycles. The van der Waals surface area contributed by atoms with Crippen LogP contribution in [0.3, 0.4) is 0 Å². The number of hydrogen-bond acceptors (Lipinski definition) is 3. The highest BCUT2D eigenvalue weighted by Gasteiger charge is 2.22. The van der Waals surface area contributed by atoms with E-state index in [1.807, 2.05) is 6.20 Å². The molecule has 0 saturated carbocycles. The minimum atomic E-state index is 0.615. The van der Waals surface area contributed by atoms with Gasteiger partial charge in [0.05, 0.1) is 12.7 Å². The summed E-state index contributed by atoms with van der Waals surface area (Å²) < 4.78 is 0. The van der Waals surface area contributed by atoms with Gasteiger partial charge in [0.25, 0.3) is 0 Å². The lowest BCUT2D eigenvalue weighted by Crippen LogP contribution is -2.39. The number of hydrogen-bond donors (Lipinski definition) is 3. The lowest BCUT2D eigenvalue weighted by atomic mass is 10.1. The molecule has 1 unspecified atom stereocenters. The zero-order valence-corrected chi connectivity index (χ0v) is 14.9. The zero-order valence-electron chi connectivity index (χ0n) is 14.9. The Hall–Kier alpha value is -1.56. The third-order valence-electron chi connectivity index (χ3n) is 4.56. The predicted molar refractivity (Wildman–Crippen MR) is 95.9 cm³/mol. The fraction of sp³-hybridized carbons (Fsp3) is 0.765. The topological polar surface area (TPSA) is 68.3 Å². The van der Waals surface area contributed by atoms with E-state index in [9.17, 15) is 0 Å². The van der Waals surface area contributed by atoms with Crippen LogP contribution in [0.5, 0.6) is 0 Å². The van der Waals surface area contributed by atoms with Crippen LogP contribution >= 0.6 is 0 Å². The molecule has 0 amide bonds. The van der Waals surface area contributed by atoms with Crippen molar-refractivity contribution in [2.45, 2.75) is 52.5 Å². The summed E-state index contributed by atoms with van der Waals surface area (Å²) in [6, 6.07) is 0.615. The Kier molecular flexibility index (Phi) is 7.39. The maximum atomic E-state index is 4.78. The highest BCUT2D eigenvalue weighted by molar-refractivity contribution is 5.79. The lowest BCUT2D eigenvalue weighted by Gasteiger charge is -2.21. The van der Waals surface area contributed by atoms with E-state index in [1.54, 1.807) is 0 Å². The summed E-state index contributed by atoms with van der Waals surface area (Å²) in [6.07, 6.45) is 6.63. The molecule has 0 spiro atoms. The first kappa shape index (κ1) is 17.8. The van der Waals surface area contributed by atoms with Crippen LogP contribution in [0.15, 0.2) is 11.2 Å². The second kappa shape index (κ2) is 9.55. The van der Waals surface area contributed by atoms with Crippen molar-refractivity contribution < 1.29 is 0 Å². The lowest BCUT2D eigenvalue weighted by molar-refractivity contribution is 0.273. The minimum Gasteiger partial charge on any atom is -0.357 e. The van der Waals surface area contributed by atoms with Crippen LogP contribution < -0.4 is 10.6 Å². The Labute approximate surface area is 140 Å². The smallest absolute Gasteiger partial charge is 0.191 e. The van der Waals surface area contributed by atoms with Crippen molar-refractivity contribution in [2.24, 2.45) is 4.99 Å². The summed E-state index contributed by atoms with van der Waals surface area (Å²) in [5.41, 5.74) is 2.48. The molecule has 0 aliphatic carbocycles. The van der Waals surface area contributed by atoms with Gasteiger partial charge in [-0.2, -0.15) is 5.10 Å². The summed E-state index contributed by atoms with van der Waals surface area (Å²) in [5, 5.41) is 13.9. The highest BCUT2D eigenvalue weighted by atomic mass is 15.2. The molecule has 1 saturated heterocycles. The van der Waals surface area contributed by atoms with Gasteiger partial charge in [-0.3, -0.25) is 15.0 Å². The van der Waals surface area contributed by atoms with Gasteiger partial charge in [0.1, 0.15) is 0 Å². The molecule has 0 bridgehead atoms. The number of aryl methyl sites for hydroxylation is 2. The van der Waals surface area contributed by atoms with Crippen molar-refractivity contribution in [3.05, 3.63) is 17.5 Å². The normalized spacial score (nSPS) is 19.3. The molecule has 23 heavy (non-hydrogen) atoms. The van der Waals surface area contributed by atoms with E-state index in [-0.39, 0.29) is 0 Å². The van der Waals surface area contributed by atoms with E-state index in [0.717, 1.165) is 45.0 Å². The van der Waals surface area contributed by atoms with Gasteiger partial charge in [0, 0.05) is 24.8 Å². The molecular weight excluding hydrogens is 288 g/mol. The minimum absolute atomic E-state index is 0.615. The Bertz CT molecular complexity index is 481. The van der Waals surface area contributed by atoms with Gasteiger partial charge in [0.2, 0.25) is 0 Å². The summed E-state index contributed by atoms with van der Waals surface area (Å²) in [7, 11) is 0. The van der Waals surface area contributed by atoms with Gasteiger partial charge in [-0.25, -0.2) is 0 Å². The van der Waals surface area contributed by atoms with Gasteiger partial charge in [-0.1, -0.05) is 6.92 Å². The number of likely N-dealkylation sites (tertiary alicyclic amines) is 1. The third kappa shape index (κ3) is 5.53. The molecule has 6 heteroatoms. The molecule has 1 aromatic rings. The molecule has 2 rings (SSSR count). The van der Waals surface area contributed by atoms with Crippen LogP contribution in [0, 0.1) is 6.92 Å². The van der Waals surface area contributed by atoms with E-state index < -0.39 is 0 Å². The molecule has 1 aliphatic rings. The Morgan fingerprint density at radius 2 is 2.30 bits per heavy atom. The monoisotopic (exact) mass is 320 g/mol. The Morgan fingerprint density at radius 1 is 1.43 bits per heavy atom. The average molecular weight is 320 g/mol. The third-order valence-corrected chi connectivity index (χ3v) is 4.56. The molecule has 1 atom stereocenters. The number of aromatic nitrogens is 2. The first-order valence-corrected chi connectivity index (χ1v) is 8.99. The summed E-state index contributed by atoms with van der Waals surface area (Å²) >= 11 is 0. The number of likely N-dealkylation sites (N-methyl/N-ethyl adjacent to an activating group) is 1. The van der Waals surface area contributed by atoms with Crippen LogP contribution in [0.2, 0.25) is 0 Å². The zero-order chi connectivity index (χ0) is 16.5. The second-order valence-electron chi connectivity index (χ2n) is 6.19. The molecule has 130 valence electrons. The van der Waals surface area contributed by atoms with E-state index in [1.165, 1.54) is 30.6 Å². The van der Waals surface area contributed by atoms with Crippen LogP contribution in [0.25, 0.3) is 0 Å². The number of rotatable bonds is 8. The fourth-order valence-electron chi connectivity index (χ4n) is 3.17.